The molecule has 0 amide bonds. The first-order valence-electron chi connectivity index (χ1n) is 5.50. The van der Waals surface area contributed by atoms with Crippen molar-refractivity contribution in [3.8, 4) is 0 Å². The molecule has 0 aliphatic heterocycles. The molecule has 0 atom stereocenters. The van der Waals surface area contributed by atoms with Crippen LogP contribution in [0.1, 0.15) is 6.42 Å². The van der Waals surface area contributed by atoms with Crippen LogP contribution in [0.5, 0.6) is 0 Å². The normalized spacial score (nSPS) is 16.3. The van der Waals surface area contributed by atoms with Crippen molar-refractivity contribution >= 4 is 0 Å². The van der Waals surface area contributed by atoms with Crippen molar-refractivity contribution < 1.29 is 71.0 Å². The van der Waals surface area contributed by atoms with Gasteiger partial charge < -0.3 is 5.11 Å². The molecule has 0 unspecified atom stereocenters. The molecule has 0 saturated heterocycles. The average molecular weight is 414 g/mol. The van der Waals surface area contributed by atoms with Gasteiger partial charge >= 0.3 is 41.7 Å². The predicted molar refractivity (Wildman–Crippen MR) is 47.4 cm³/mol. The van der Waals surface area contributed by atoms with Gasteiger partial charge in [-0.3, -0.25) is 0 Å². The highest BCUT2D eigenvalue weighted by molar-refractivity contribution is 5.16. The predicted octanol–water partition coefficient (Wildman–Crippen LogP) is 4.74. The smallest absolute Gasteiger partial charge is 0.396 e. The maximum atomic E-state index is 13.1. The highest BCUT2D eigenvalue weighted by Gasteiger charge is 2.95. The van der Waals surface area contributed by atoms with Gasteiger partial charge in [0.05, 0.1) is 0 Å². The second-order valence-electron chi connectivity index (χ2n) is 4.56. The Balaban J connectivity index is 6.64. The number of hydrogen-bond acceptors (Lipinski definition) is 1. The topological polar surface area (TPSA) is 20.2 Å². The van der Waals surface area contributed by atoms with Crippen molar-refractivity contribution in [1.82, 2.24) is 0 Å². The number of rotatable bonds is 6. The fourth-order valence-corrected chi connectivity index (χ4v) is 1.46. The Bertz CT molecular complexity index is 458. The third-order valence-corrected chi connectivity index (χ3v) is 2.89. The fraction of sp³-hybridized carbons (Fsp3) is 1.00. The van der Waals surface area contributed by atoms with E-state index in [0.29, 0.717) is 0 Å². The third kappa shape index (κ3) is 3.09. The molecule has 0 aromatic rings. The number of aliphatic hydroxyl groups excluding tert-OH is 1. The minimum atomic E-state index is -8.40. The van der Waals surface area contributed by atoms with Crippen LogP contribution in [0.2, 0.25) is 0 Å². The van der Waals surface area contributed by atoms with E-state index in [1.54, 1.807) is 0 Å². The van der Waals surface area contributed by atoms with Gasteiger partial charge in [0.1, 0.15) is 0 Å². The van der Waals surface area contributed by atoms with Crippen LogP contribution < -0.4 is 0 Å². The summed E-state index contributed by atoms with van der Waals surface area (Å²) in [5.74, 6) is -30.6. The van der Waals surface area contributed by atoms with E-state index >= 15 is 0 Å². The minimum absolute atomic E-state index is 2.09. The zero-order chi connectivity index (χ0) is 20.9. The zero-order valence-corrected chi connectivity index (χ0v) is 11.0. The van der Waals surface area contributed by atoms with Crippen LogP contribution in [0.4, 0.5) is 65.9 Å². The summed E-state index contributed by atoms with van der Waals surface area (Å²) < 4.78 is 189. The van der Waals surface area contributed by atoms with Gasteiger partial charge in [-0.1, -0.05) is 0 Å². The molecule has 1 N–H and O–H groups in total. The molecular formula is C9H5F15O. The Hall–Kier alpha value is -1.09. The molecule has 1 nitrogen and oxygen atoms in total. The van der Waals surface area contributed by atoms with Gasteiger partial charge in [-0.25, -0.2) is 4.39 Å². The molecule has 0 aliphatic rings. The van der Waals surface area contributed by atoms with Gasteiger partial charge in [-0.2, -0.15) is 61.5 Å². The second kappa shape index (κ2) is 5.97. The van der Waals surface area contributed by atoms with Crippen LogP contribution in [0, 0.1) is 0 Å². The summed E-state index contributed by atoms with van der Waals surface area (Å²) in [6, 6.07) is 0. The third-order valence-electron chi connectivity index (χ3n) is 2.89. The van der Waals surface area contributed by atoms with E-state index in [9.17, 15) is 65.9 Å². The largest absolute Gasteiger partial charge is 0.438 e. The van der Waals surface area contributed by atoms with E-state index in [2.05, 4.69) is 0 Å². The van der Waals surface area contributed by atoms with Crippen molar-refractivity contribution in [3.05, 3.63) is 0 Å². The van der Waals surface area contributed by atoms with E-state index in [-0.39, 0.29) is 0 Å². The highest BCUT2D eigenvalue weighted by Crippen LogP contribution is 2.63. The first-order chi connectivity index (χ1) is 10.6. The van der Waals surface area contributed by atoms with Crippen LogP contribution in [0.15, 0.2) is 0 Å². The molecule has 0 aliphatic carbocycles. The first-order valence-corrected chi connectivity index (χ1v) is 5.50. The molecule has 0 bridgehead atoms. The first kappa shape index (κ1) is 23.9. The minimum Gasteiger partial charge on any atom is -0.396 e. The SMILES string of the molecule is OCCC(F)(F)C(F)(F)C(F)(F)C(F)(F)C(F)(C(F)(F)F)C(F)(F)F. The summed E-state index contributed by atoms with van der Waals surface area (Å²) in [4.78, 5) is 0. The van der Waals surface area contributed by atoms with Gasteiger partial charge in [-0.15, -0.1) is 0 Å². The summed E-state index contributed by atoms with van der Waals surface area (Å²) >= 11 is 0. The van der Waals surface area contributed by atoms with Crippen molar-refractivity contribution in [2.24, 2.45) is 0 Å². The highest BCUT2D eigenvalue weighted by atomic mass is 19.4. The van der Waals surface area contributed by atoms with Crippen LogP contribution >= 0.6 is 0 Å². The Labute approximate surface area is 127 Å². The lowest BCUT2D eigenvalue weighted by Gasteiger charge is -2.43. The maximum Gasteiger partial charge on any atom is 0.438 e. The summed E-state index contributed by atoms with van der Waals surface area (Å²) in [7, 11) is 0. The Morgan fingerprint density at radius 3 is 1.04 bits per heavy atom. The van der Waals surface area contributed by atoms with Crippen molar-refractivity contribution in [3.63, 3.8) is 0 Å². The van der Waals surface area contributed by atoms with E-state index in [0.717, 1.165) is 0 Å². The van der Waals surface area contributed by atoms with Crippen molar-refractivity contribution in [1.29, 1.82) is 0 Å². The van der Waals surface area contributed by atoms with Gasteiger partial charge in [0.2, 0.25) is 0 Å². The molecule has 0 radical (unpaired) electrons. The van der Waals surface area contributed by atoms with E-state index < -0.39 is 54.7 Å². The van der Waals surface area contributed by atoms with Crippen molar-refractivity contribution in [2.45, 2.75) is 48.1 Å². The number of alkyl halides is 15. The van der Waals surface area contributed by atoms with Crippen LogP contribution in [-0.4, -0.2) is 53.4 Å². The second-order valence-corrected chi connectivity index (χ2v) is 4.56. The summed E-state index contributed by atoms with van der Waals surface area (Å²) in [5.41, 5.74) is -8.28. The fourth-order valence-electron chi connectivity index (χ4n) is 1.46. The summed E-state index contributed by atoms with van der Waals surface area (Å²) in [5, 5.41) is 7.97. The van der Waals surface area contributed by atoms with Gasteiger partial charge in [0.15, 0.2) is 0 Å². The molecular weight excluding hydrogens is 409 g/mol. The molecule has 0 heterocycles. The Kier molecular flexibility index (Phi) is 5.71. The lowest BCUT2D eigenvalue weighted by atomic mass is 9.85. The molecule has 0 rings (SSSR count). The monoisotopic (exact) mass is 414 g/mol. The lowest BCUT2D eigenvalue weighted by molar-refractivity contribution is -0.457. The molecule has 0 aromatic carbocycles. The van der Waals surface area contributed by atoms with E-state index in [4.69, 9.17) is 5.11 Å². The molecule has 0 aromatic heterocycles. The van der Waals surface area contributed by atoms with Gasteiger partial charge in [0.25, 0.3) is 0 Å². The standard InChI is InChI=1S/C9H5F15O/c10-3(11,1-2-25)5(13,14)7(17,18)6(15,16)4(12,8(19,20)21)9(22,23)24/h25H,1-2H2. The van der Waals surface area contributed by atoms with Gasteiger partial charge in [0, 0.05) is 13.0 Å². The summed E-state index contributed by atoms with van der Waals surface area (Å²) in [6.07, 6.45) is -18.6. The van der Waals surface area contributed by atoms with Crippen molar-refractivity contribution in [2.75, 3.05) is 6.61 Å². The van der Waals surface area contributed by atoms with E-state index in [1.165, 1.54) is 0 Å². The number of halogens is 15. The number of hydrogen-bond donors (Lipinski definition) is 1. The molecule has 152 valence electrons. The van der Waals surface area contributed by atoms with Gasteiger partial charge in [-0.05, 0) is 0 Å². The zero-order valence-electron chi connectivity index (χ0n) is 11.0. The summed E-state index contributed by atoms with van der Waals surface area (Å²) in [6.45, 7) is -2.09. The molecule has 16 heteroatoms. The quantitative estimate of drug-likeness (QED) is 0.623. The van der Waals surface area contributed by atoms with Crippen LogP contribution in [-0.2, 0) is 0 Å². The Morgan fingerprint density at radius 2 is 0.800 bits per heavy atom. The van der Waals surface area contributed by atoms with Crippen LogP contribution in [0.3, 0.4) is 0 Å². The maximum absolute atomic E-state index is 13.1. The Morgan fingerprint density at radius 1 is 0.480 bits per heavy atom. The van der Waals surface area contributed by atoms with E-state index in [1.807, 2.05) is 0 Å². The van der Waals surface area contributed by atoms with Crippen LogP contribution in [0.25, 0.3) is 0 Å². The molecule has 0 saturated carbocycles. The average Bonchev–Trinajstić information content (AvgIpc) is 2.33. The lowest BCUT2D eigenvalue weighted by Crippen LogP contribution is -2.75. The number of aliphatic hydroxyl groups is 1. The molecule has 25 heavy (non-hydrogen) atoms. The molecule has 0 spiro atoms. The molecule has 0 fully saturated rings.